The van der Waals surface area contributed by atoms with Gasteiger partial charge >= 0.3 is 0 Å². The number of hydrogen-bond acceptors (Lipinski definition) is 3. The topological polar surface area (TPSA) is 47.1 Å². The van der Waals surface area contributed by atoms with Crippen molar-refractivity contribution >= 4 is 5.95 Å². The van der Waals surface area contributed by atoms with Gasteiger partial charge < -0.3 is 10.6 Å². The van der Waals surface area contributed by atoms with Crippen molar-refractivity contribution < 1.29 is 0 Å². The van der Waals surface area contributed by atoms with E-state index in [1.54, 1.807) is 0 Å². The van der Waals surface area contributed by atoms with Gasteiger partial charge in [-0.25, -0.2) is 4.98 Å². The van der Waals surface area contributed by atoms with Crippen LogP contribution in [-0.4, -0.2) is 28.7 Å². The van der Waals surface area contributed by atoms with Crippen LogP contribution in [-0.2, 0) is 0 Å². The Morgan fingerprint density at radius 3 is 2.58 bits per heavy atom. The molecule has 1 aliphatic heterocycles. The van der Waals surface area contributed by atoms with Crippen molar-refractivity contribution in [3.63, 3.8) is 0 Å². The lowest BCUT2D eigenvalue weighted by Crippen LogP contribution is -2.29. The number of para-hydroxylation sites is 1. The van der Waals surface area contributed by atoms with Crippen LogP contribution in [0.2, 0.25) is 0 Å². The summed E-state index contributed by atoms with van der Waals surface area (Å²) in [5.74, 6) is 1.52. The van der Waals surface area contributed by atoms with Gasteiger partial charge in [0.05, 0.1) is 5.69 Å². The molecule has 4 nitrogen and oxygen atoms in total. The summed E-state index contributed by atoms with van der Waals surface area (Å²) < 4.78 is 2.15. The minimum Gasteiger partial charge on any atom is -0.340 e. The second-order valence-electron chi connectivity index (χ2n) is 5.43. The Hall–Kier alpha value is -1.81. The van der Waals surface area contributed by atoms with Crippen molar-refractivity contribution in [3.05, 3.63) is 42.2 Å². The quantitative estimate of drug-likeness (QED) is 0.893. The molecule has 2 unspecified atom stereocenters. The van der Waals surface area contributed by atoms with Crippen molar-refractivity contribution in [1.29, 1.82) is 0 Å². The van der Waals surface area contributed by atoms with E-state index in [0.717, 1.165) is 30.4 Å². The summed E-state index contributed by atoms with van der Waals surface area (Å²) in [6.07, 6.45) is 2.08. The standard InChI is InChI=1S/C15H20N4/c1-11-8-18(10-14(11)16)15-17-12(2)9-19(15)13-6-4-3-5-7-13/h3-7,9,11,14H,8,10,16H2,1-2H3. The molecule has 2 heterocycles. The molecule has 3 rings (SSSR count). The number of nitrogens with two attached hydrogens (primary N) is 1. The Morgan fingerprint density at radius 2 is 1.95 bits per heavy atom. The Bertz CT molecular complexity index is 551. The first-order chi connectivity index (χ1) is 9.15. The number of aromatic nitrogens is 2. The van der Waals surface area contributed by atoms with Crippen LogP contribution in [0.15, 0.2) is 36.5 Å². The smallest absolute Gasteiger partial charge is 0.210 e. The largest absolute Gasteiger partial charge is 0.340 e. The van der Waals surface area contributed by atoms with E-state index in [-0.39, 0.29) is 6.04 Å². The van der Waals surface area contributed by atoms with E-state index in [0.29, 0.717) is 5.92 Å². The van der Waals surface area contributed by atoms with Crippen LogP contribution in [0.1, 0.15) is 12.6 Å². The fourth-order valence-electron chi connectivity index (χ4n) is 2.64. The number of benzene rings is 1. The molecule has 19 heavy (non-hydrogen) atoms. The first-order valence-electron chi connectivity index (χ1n) is 6.77. The van der Waals surface area contributed by atoms with Gasteiger partial charge in [0.1, 0.15) is 0 Å². The van der Waals surface area contributed by atoms with Gasteiger partial charge in [0.2, 0.25) is 5.95 Å². The zero-order valence-electron chi connectivity index (χ0n) is 11.5. The van der Waals surface area contributed by atoms with Crippen LogP contribution in [0.3, 0.4) is 0 Å². The van der Waals surface area contributed by atoms with Gasteiger partial charge in [-0.2, -0.15) is 0 Å². The van der Waals surface area contributed by atoms with Crippen LogP contribution < -0.4 is 10.6 Å². The molecule has 1 fully saturated rings. The molecule has 1 aromatic heterocycles. The molecule has 4 heteroatoms. The third kappa shape index (κ3) is 2.24. The summed E-state index contributed by atoms with van der Waals surface area (Å²) in [5, 5.41) is 0. The molecule has 0 amide bonds. The number of nitrogens with zero attached hydrogens (tertiary/aromatic N) is 3. The van der Waals surface area contributed by atoms with E-state index in [4.69, 9.17) is 5.73 Å². The van der Waals surface area contributed by atoms with E-state index in [9.17, 15) is 0 Å². The maximum absolute atomic E-state index is 6.12. The lowest BCUT2D eigenvalue weighted by molar-refractivity contribution is 0.565. The summed E-state index contributed by atoms with van der Waals surface area (Å²) in [5.41, 5.74) is 8.30. The Morgan fingerprint density at radius 1 is 1.21 bits per heavy atom. The minimum atomic E-state index is 0.237. The monoisotopic (exact) mass is 256 g/mol. The molecule has 2 atom stereocenters. The second-order valence-corrected chi connectivity index (χ2v) is 5.43. The summed E-state index contributed by atoms with van der Waals surface area (Å²) in [4.78, 5) is 6.96. The fourth-order valence-corrected chi connectivity index (χ4v) is 2.64. The van der Waals surface area contributed by atoms with Crippen molar-refractivity contribution in [1.82, 2.24) is 9.55 Å². The van der Waals surface area contributed by atoms with Crippen LogP contribution in [0.25, 0.3) is 5.69 Å². The normalized spacial score (nSPS) is 23.0. The van der Waals surface area contributed by atoms with Crippen molar-refractivity contribution in [3.8, 4) is 5.69 Å². The molecule has 2 N–H and O–H groups in total. The summed E-state index contributed by atoms with van der Waals surface area (Å²) in [7, 11) is 0. The van der Waals surface area contributed by atoms with E-state index in [1.807, 2.05) is 25.1 Å². The highest BCUT2D eigenvalue weighted by atomic mass is 15.3. The van der Waals surface area contributed by atoms with E-state index in [1.165, 1.54) is 0 Å². The van der Waals surface area contributed by atoms with Gasteiger partial charge in [-0.1, -0.05) is 25.1 Å². The third-order valence-electron chi connectivity index (χ3n) is 3.80. The van der Waals surface area contributed by atoms with Crippen LogP contribution in [0.4, 0.5) is 5.95 Å². The molecule has 0 bridgehead atoms. The zero-order valence-corrected chi connectivity index (χ0v) is 11.5. The molecular weight excluding hydrogens is 236 g/mol. The van der Waals surface area contributed by atoms with Gasteiger partial charge in [-0.15, -0.1) is 0 Å². The minimum absolute atomic E-state index is 0.237. The highest BCUT2D eigenvalue weighted by molar-refractivity contribution is 5.46. The van der Waals surface area contributed by atoms with E-state index < -0.39 is 0 Å². The summed E-state index contributed by atoms with van der Waals surface area (Å²) >= 11 is 0. The zero-order chi connectivity index (χ0) is 13.4. The number of hydrogen-bond donors (Lipinski definition) is 1. The van der Waals surface area contributed by atoms with Crippen LogP contribution in [0.5, 0.6) is 0 Å². The maximum atomic E-state index is 6.12. The number of imidazole rings is 1. The first kappa shape index (κ1) is 12.2. The van der Waals surface area contributed by atoms with Gasteiger partial charge in [0.25, 0.3) is 0 Å². The molecule has 1 aliphatic rings. The van der Waals surface area contributed by atoms with E-state index in [2.05, 4.69) is 39.7 Å². The fraction of sp³-hybridized carbons (Fsp3) is 0.400. The molecule has 2 aromatic rings. The van der Waals surface area contributed by atoms with Gasteiger partial charge in [-0.05, 0) is 25.0 Å². The highest BCUT2D eigenvalue weighted by Gasteiger charge is 2.29. The predicted molar refractivity (Wildman–Crippen MR) is 77.7 cm³/mol. The van der Waals surface area contributed by atoms with Gasteiger partial charge in [0, 0.05) is 31.0 Å². The summed E-state index contributed by atoms with van der Waals surface area (Å²) in [6, 6.07) is 10.6. The van der Waals surface area contributed by atoms with Crippen LogP contribution in [0, 0.1) is 12.8 Å². The van der Waals surface area contributed by atoms with E-state index >= 15 is 0 Å². The van der Waals surface area contributed by atoms with Crippen molar-refractivity contribution in [2.45, 2.75) is 19.9 Å². The molecule has 1 aromatic carbocycles. The molecule has 0 saturated carbocycles. The average Bonchev–Trinajstić information content (AvgIpc) is 2.95. The molecule has 0 radical (unpaired) electrons. The Labute approximate surface area is 113 Å². The second kappa shape index (κ2) is 4.70. The number of aryl methyl sites for hydroxylation is 1. The SMILES string of the molecule is Cc1cn(-c2ccccc2)c(N2CC(C)C(N)C2)n1. The molecule has 100 valence electrons. The predicted octanol–water partition coefficient (Wildman–Crippen LogP) is 1.96. The molecule has 0 aliphatic carbocycles. The Kier molecular flexibility index (Phi) is 3.03. The van der Waals surface area contributed by atoms with Crippen LogP contribution >= 0.6 is 0 Å². The summed E-state index contributed by atoms with van der Waals surface area (Å²) in [6.45, 7) is 6.09. The molecule has 0 spiro atoms. The number of anilines is 1. The average molecular weight is 256 g/mol. The van der Waals surface area contributed by atoms with Gasteiger partial charge in [-0.3, -0.25) is 4.57 Å². The van der Waals surface area contributed by atoms with Gasteiger partial charge in [0.15, 0.2) is 0 Å². The lowest BCUT2D eigenvalue weighted by Gasteiger charge is -2.18. The first-order valence-corrected chi connectivity index (χ1v) is 6.77. The molecular formula is C15H20N4. The Balaban J connectivity index is 1.99. The third-order valence-corrected chi connectivity index (χ3v) is 3.80. The molecule has 1 saturated heterocycles. The van der Waals surface area contributed by atoms with Crippen molar-refractivity contribution in [2.75, 3.05) is 18.0 Å². The number of rotatable bonds is 2. The maximum Gasteiger partial charge on any atom is 0.210 e. The van der Waals surface area contributed by atoms with Crippen molar-refractivity contribution in [2.24, 2.45) is 11.7 Å². The lowest BCUT2D eigenvalue weighted by atomic mass is 10.1. The highest BCUT2D eigenvalue weighted by Crippen LogP contribution is 2.25.